The minimum atomic E-state index is -3.56. The molecule has 0 saturated carbocycles. The van der Waals surface area contributed by atoms with Gasteiger partial charge in [0.1, 0.15) is 6.10 Å². The summed E-state index contributed by atoms with van der Waals surface area (Å²) < 4.78 is 33.4. The van der Waals surface area contributed by atoms with Gasteiger partial charge in [-0.2, -0.15) is 0 Å². The van der Waals surface area contributed by atoms with Crippen molar-refractivity contribution in [2.24, 2.45) is 0 Å². The average Bonchev–Trinajstić information content (AvgIpc) is 2.79. The second kappa shape index (κ2) is 12.1. The molecule has 0 bridgehead atoms. The van der Waals surface area contributed by atoms with Crippen LogP contribution in [0.25, 0.3) is 0 Å². The number of nitrogens with one attached hydrogen (secondary N) is 2. The number of piperidine rings is 1. The van der Waals surface area contributed by atoms with E-state index in [1.807, 2.05) is 6.92 Å². The molecule has 3 rings (SSSR count). The maximum Gasteiger partial charge on any atom is 0.240 e. The molecule has 2 saturated heterocycles. The topological polar surface area (TPSA) is 108 Å². The molecule has 1 amide bonds. The third-order valence-electron chi connectivity index (χ3n) is 6.34. The van der Waals surface area contributed by atoms with Crippen molar-refractivity contribution < 1.29 is 23.1 Å². The standard InChI is InChI=1S/C23H37N3O5S/c1-18-5-8-20(9-6-18)32(29,30)24-13-11-19-7-10-21(22(17-27)31-19)25-23(28)12-16-26-14-3-2-4-15-26/h5-6,8-9,19,21-22,24,27H,2-4,7,10-17H2,1H3,(H,25,28)/t19-,21-,22-/m0/s1. The predicted molar refractivity (Wildman–Crippen MR) is 123 cm³/mol. The number of aliphatic hydroxyl groups excluding tert-OH is 1. The number of rotatable bonds is 10. The van der Waals surface area contributed by atoms with Gasteiger partial charge in [0, 0.05) is 19.5 Å². The first-order valence-electron chi connectivity index (χ1n) is 11.7. The Hall–Kier alpha value is -1.52. The molecule has 1 aromatic carbocycles. The van der Waals surface area contributed by atoms with Gasteiger partial charge >= 0.3 is 0 Å². The molecule has 8 nitrogen and oxygen atoms in total. The summed E-state index contributed by atoms with van der Waals surface area (Å²) in [5, 5.41) is 12.8. The van der Waals surface area contributed by atoms with Crippen LogP contribution in [0.1, 0.15) is 50.5 Å². The molecule has 0 aliphatic carbocycles. The van der Waals surface area contributed by atoms with Crippen molar-refractivity contribution in [2.75, 3.05) is 32.8 Å². The fraction of sp³-hybridized carbons (Fsp3) is 0.696. The molecule has 0 unspecified atom stereocenters. The second-order valence-corrected chi connectivity index (χ2v) is 10.6. The van der Waals surface area contributed by atoms with Crippen molar-refractivity contribution in [3.05, 3.63) is 29.8 Å². The number of likely N-dealkylation sites (tertiary alicyclic amines) is 1. The molecule has 0 radical (unpaired) electrons. The largest absolute Gasteiger partial charge is 0.394 e. The summed E-state index contributed by atoms with van der Waals surface area (Å²) in [5.74, 6) is -0.00747. The number of benzene rings is 1. The number of ether oxygens (including phenoxy) is 1. The number of aliphatic hydroxyl groups is 1. The number of hydrogen-bond acceptors (Lipinski definition) is 6. The molecule has 2 aliphatic heterocycles. The summed E-state index contributed by atoms with van der Waals surface area (Å²) in [6, 6.07) is 6.51. The number of sulfonamides is 1. The van der Waals surface area contributed by atoms with E-state index in [-0.39, 0.29) is 36.1 Å². The molecule has 2 heterocycles. The summed E-state index contributed by atoms with van der Waals surface area (Å²) in [4.78, 5) is 15.0. The Labute approximate surface area is 191 Å². The molecule has 180 valence electrons. The second-order valence-electron chi connectivity index (χ2n) is 8.88. The number of carbonyl (C=O) groups excluding carboxylic acids is 1. The highest BCUT2D eigenvalue weighted by Crippen LogP contribution is 2.22. The Morgan fingerprint density at radius 2 is 1.88 bits per heavy atom. The highest BCUT2D eigenvalue weighted by molar-refractivity contribution is 7.89. The highest BCUT2D eigenvalue weighted by atomic mass is 32.2. The van der Waals surface area contributed by atoms with Gasteiger partial charge in [-0.05, 0) is 64.3 Å². The molecular weight excluding hydrogens is 430 g/mol. The van der Waals surface area contributed by atoms with Gasteiger partial charge in [-0.15, -0.1) is 0 Å². The van der Waals surface area contributed by atoms with E-state index in [0.29, 0.717) is 25.7 Å². The van der Waals surface area contributed by atoms with Gasteiger partial charge < -0.3 is 20.1 Å². The smallest absolute Gasteiger partial charge is 0.240 e. The van der Waals surface area contributed by atoms with Crippen molar-refractivity contribution in [3.8, 4) is 0 Å². The van der Waals surface area contributed by atoms with Gasteiger partial charge in [0.25, 0.3) is 0 Å². The van der Waals surface area contributed by atoms with Crippen LogP contribution in [-0.2, 0) is 19.6 Å². The summed E-state index contributed by atoms with van der Waals surface area (Å²) >= 11 is 0. The van der Waals surface area contributed by atoms with E-state index in [0.717, 1.165) is 25.2 Å². The first-order chi connectivity index (χ1) is 15.4. The zero-order chi connectivity index (χ0) is 23.0. The molecule has 0 aromatic heterocycles. The van der Waals surface area contributed by atoms with E-state index in [1.54, 1.807) is 24.3 Å². The van der Waals surface area contributed by atoms with Crippen molar-refractivity contribution in [2.45, 2.75) is 75.0 Å². The van der Waals surface area contributed by atoms with Gasteiger partial charge in [-0.25, -0.2) is 13.1 Å². The Bertz CT molecular complexity index is 825. The van der Waals surface area contributed by atoms with Gasteiger partial charge in [-0.1, -0.05) is 24.1 Å². The van der Waals surface area contributed by atoms with E-state index in [2.05, 4.69) is 14.9 Å². The first-order valence-corrected chi connectivity index (χ1v) is 13.2. The summed E-state index contributed by atoms with van der Waals surface area (Å²) in [5.41, 5.74) is 1.00. The Balaban J connectivity index is 1.39. The van der Waals surface area contributed by atoms with Crippen LogP contribution in [0.2, 0.25) is 0 Å². The predicted octanol–water partition coefficient (Wildman–Crippen LogP) is 1.56. The van der Waals surface area contributed by atoms with Crippen LogP contribution in [0.4, 0.5) is 0 Å². The molecule has 9 heteroatoms. The average molecular weight is 468 g/mol. The van der Waals surface area contributed by atoms with Crippen LogP contribution in [0, 0.1) is 6.92 Å². The Morgan fingerprint density at radius 3 is 2.56 bits per heavy atom. The van der Waals surface area contributed by atoms with Crippen LogP contribution < -0.4 is 10.0 Å². The fourth-order valence-electron chi connectivity index (χ4n) is 4.39. The molecule has 2 fully saturated rings. The van der Waals surface area contributed by atoms with Crippen LogP contribution >= 0.6 is 0 Å². The minimum absolute atomic E-state index is 0.00747. The summed E-state index contributed by atoms with van der Waals surface area (Å²) in [6.45, 7) is 4.89. The summed E-state index contributed by atoms with van der Waals surface area (Å²) in [7, 11) is -3.56. The monoisotopic (exact) mass is 467 g/mol. The van der Waals surface area contributed by atoms with Crippen molar-refractivity contribution in [3.63, 3.8) is 0 Å². The Morgan fingerprint density at radius 1 is 1.16 bits per heavy atom. The van der Waals surface area contributed by atoms with Crippen molar-refractivity contribution in [1.82, 2.24) is 14.9 Å². The van der Waals surface area contributed by atoms with Crippen LogP contribution in [0.5, 0.6) is 0 Å². The van der Waals surface area contributed by atoms with E-state index in [9.17, 15) is 18.3 Å². The number of hydrogen-bond donors (Lipinski definition) is 3. The lowest BCUT2D eigenvalue weighted by Gasteiger charge is -2.36. The lowest BCUT2D eigenvalue weighted by molar-refractivity contribution is -0.128. The molecule has 3 atom stereocenters. The number of nitrogens with zero attached hydrogens (tertiary/aromatic N) is 1. The number of aryl methyl sites for hydroxylation is 1. The van der Waals surface area contributed by atoms with Crippen LogP contribution in [-0.4, -0.2) is 75.4 Å². The normalized spacial score (nSPS) is 24.9. The van der Waals surface area contributed by atoms with E-state index in [1.165, 1.54) is 19.3 Å². The number of carbonyl (C=O) groups is 1. The van der Waals surface area contributed by atoms with E-state index < -0.39 is 16.1 Å². The molecule has 2 aliphatic rings. The highest BCUT2D eigenvalue weighted by Gasteiger charge is 2.32. The zero-order valence-corrected chi connectivity index (χ0v) is 19.8. The SMILES string of the molecule is Cc1ccc(S(=O)(=O)NCC[C@@H]2CC[C@H](NC(=O)CCN3CCCCC3)[C@H](CO)O2)cc1. The molecule has 1 aromatic rings. The third kappa shape index (κ3) is 7.52. The van der Waals surface area contributed by atoms with Gasteiger partial charge in [0.05, 0.1) is 23.6 Å². The lowest BCUT2D eigenvalue weighted by atomic mass is 9.97. The van der Waals surface area contributed by atoms with E-state index >= 15 is 0 Å². The molecule has 32 heavy (non-hydrogen) atoms. The quantitative estimate of drug-likeness (QED) is 0.482. The maximum absolute atomic E-state index is 12.4. The Kier molecular flexibility index (Phi) is 9.48. The zero-order valence-electron chi connectivity index (χ0n) is 19.0. The lowest BCUT2D eigenvalue weighted by Crippen LogP contribution is -2.51. The minimum Gasteiger partial charge on any atom is -0.394 e. The fourth-order valence-corrected chi connectivity index (χ4v) is 5.43. The van der Waals surface area contributed by atoms with Gasteiger partial charge in [0.2, 0.25) is 15.9 Å². The van der Waals surface area contributed by atoms with Crippen LogP contribution in [0.15, 0.2) is 29.2 Å². The molecular formula is C23H37N3O5S. The van der Waals surface area contributed by atoms with Gasteiger partial charge in [-0.3, -0.25) is 4.79 Å². The maximum atomic E-state index is 12.4. The molecule has 3 N–H and O–H groups in total. The summed E-state index contributed by atoms with van der Waals surface area (Å²) in [6.07, 6.45) is 5.43. The van der Waals surface area contributed by atoms with E-state index in [4.69, 9.17) is 4.74 Å². The first kappa shape index (κ1) is 25.1. The van der Waals surface area contributed by atoms with Crippen molar-refractivity contribution >= 4 is 15.9 Å². The number of amides is 1. The van der Waals surface area contributed by atoms with Gasteiger partial charge in [0.15, 0.2) is 0 Å². The third-order valence-corrected chi connectivity index (χ3v) is 7.81. The molecule has 0 spiro atoms. The van der Waals surface area contributed by atoms with Crippen LogP contribution in [0.3, 0.4) is 0 Å². The van der Waals surface area contributed by atoms with Crippen molar-refractivity contribution in [1.29, 1.82) is 0 Å².